The van der Waals surface area contributed by atoms with Crippen LogP contribution in [0.2, 0.25) is 0 Å². The van der Waals surface area contributed by atoms with Crippen molar-refractivity contribution in [3.8, 4) is 0 Å². The highest BCUT2D eigenvalue weighted by atomic mass is 16.6. The van der Waals surface area contributed by atoms with E-state index >= 15 is 0 Å². The predicted octanol–water partition coefficient (Wildman–Crippen LogP) is 0.914. The first-order valence-electron chi connectivity index (χ1n) is 5.09. The van der Waals surface area contributed by atoms with Crippen LogP contribution < -0.4 is 5.73 Å². The second-order valence-corrected chi connectivity index (χ2v) is 4.18. The smallest absolute Gasteiger partial charge is 0.183 e. The number of ketones is 1. The van der Waals surface area contributed by atoms with Crippen molar-refractivity contribution in [1.29, 1.82) is 0 Å². The van der Waals surface area contributed by atoms with Crippen LogP contribution in [-0.4, -0.2) is 24.0 Å². The molecule has 1 heterocycles. The molecule has 1 fully saturated rings. The van der Waals surface area contributed by atoms with E-state index in [-0.39, 0.29) is 5.78 Å². The van der Waals surface area contributed by atoms with E-state index < -0.39 is 11.6 Å². The Morgan fingerprint density at radius 2 is 2.13 bits per heavy atom. The Labute approximate surface area is 89.2 Å². The van der Waals surface area contributed by atoms with E-state index in [0.717, 1.165) is 5.56 Å². The largest absolute Gasteiger partial charge is 0.362 e. The van der Waals surface area contributed by atoms with Crippen molar-refractivity contribution in [1.82, 2.24) is 0 Å². The third-order valence-corrected chi connectivity index (χ3v) is 2.73. The molecule has 1 unspecified atom stereocenters. The van der Waals surface area contributed by atoms with Crippen molar-refractivity contribution in [2.45, 2.75) is 25.0 Å². The molecule has 0 radical (unpaired) electrons. The van der Waals surface area contributed by atoms with Gasteiger partial charge in [0.05, 0.1) is 12.6 Å². The number of hydrogen-bond donors (Lipinski definition) is 1. The van der Waals surface area contributed by atoms with E-state index in [0.29, 0.717) is 13.0 Å². The summed E-state index contributed by atoms with van der Waals surface area (Å²) in [6, 6.07) is 9.33. The van der Waals surface area contributed by atoms with E-state index in [1.54, 1.807) is 6.92 Å². The molecule has 1 aliphatic rings. The van der Waals surface area contributed by atoms with Gasteiger partial charge in [-0.2, -0.15) is 0 Å². The summed E-state index contributed by atoms with van der Waals surface area (Å²) in [6.07, 6.45) is 0.582. The third kappa shape index (κ3) is 2.25. The minimum absolute atomic E-state index is 0.00588. The number of carbonyl (C=O) groups is 1. The number of ether oxygens (including phenoxy) is 1. The van der Waals surface area contributed by atoms with Gasteiger partial charge in [-0.15, -0.1) is 0 Å². The van der Waals surface area contributed by atoms with Gasteiger partial charge in [-0.1, -0.05) is 30.3 Å². The zero-order chi connectivity index (χ0) is 10.9. The van der Waals surface area contributed by atoms with Gasteiger partial charge in [-0.3, -0.25) is 4.79 Å². The molecule has 0 saturated carbocycles. The molecular weight excluding hydrogens is 190 g/mol. The Kier molecular flexibility index (Phi) is 2.59. The van der Waals surface area contributed by atoms with Crippen LogP contribution in [0.3, 0.4) is 0 Å². The molecule has 0 spiro atoms. The van der Waals surface area contributed by atoms with Gasteiger partial charge in [0.1, 0.15) is 5.60 Å². The number of nitrogens with two attached hydrogens (primary N) is 1. The molecule has 0 aliphatic carbocycles. The molecule has 1 aromatic rings. The van der Waals surface area contributed by atoms with Gasteiger partial charge in [0.25, 0.3) is 0 Å². The molecule has 1 saturated heterocycles. The van der Waals surface area contributed by atoms with E-state index in [1.807, 2.05) is 30.3 Å². The predicted molar refractivity (Wildman–Crippen MR) is 57.5 cm³/mol. The number of carbonyl (C=O) groups excluding carboxylic acids is 1. The lowest BCUT2D eigenvalue weighted by molar-refractivity contribution is -0.124. The number of epoxide rings is 1. The number of Topliss-reactive ketones (excluding diaryl/α,β-unsaturated/α-hetero) is 1. The topological polar surface area (TPSA) is 55.6 Å². The van der Waals surface area contributed by atoms with Gasteiger partial charge in [0.2, 0.25) is 0 Å². The summed E-state index contributed by atoms with van der Waals surface area (Å²) in [5.41, 5.74) is 6.33. The molecule has 2 rings (SSSR count). The first-order valence-corrected chi connectivity index (χ1v) is 5.09. The number of benzene rings is 1. The average Bonchev–Trinajstić information content (AvgIpc) is 2.98. The van der Waals surface area contributed by atoms with Crippen LogP contribution in [0.1, 0.15) is 12.5 Å². The molecule has 80 valence electrons. The van der Waals surface area contributed by atoms with Gasteiger partial charge in [0.15, 0.2) is 5.78 Å². The molecule has 0 bridgehead atoms. The summed E-state index contributed by atoms with van der Waals surface area (Å²) in [7, 11) is 0. The Morgan fingerprint density at radius 3 is 2.67 bits per heavy atom. The summed E-state index contributed by atoms with van der Waals surface area (Å²) in [5, 5.41) is 0. The molecule has 3 heteroatoms. The van der Waals surface area contributed by atoms with Gasteiger partial charge in [-0.05, 0) is 18.9 Å². The number of hydrogen-bond acceptors (Lipinski definition) is 3. The molecule has 1 aromatic carbocycles. The summed E-state index contributed by atoms with van der Waals surface area (Å²) in [5.74, 6) is 0.00588. The Balaban J connectivity index is 1.98. The van der Waals surface area contributed by atoms with Crippen LogP contribution in [0.15, 0.2) is 30.3 Å². The van der Waals surface area contributed by atoms with Gasteiger partial charge in [-0.25, -0.2) is 0 Å². The fourth-order valence-corrected chi connectivity index (χ4v) is 1.60. The van der Waals surface area contributed by atoms with Crippen molar-refractivity contribution in [3.05, 3.63) is 35.9 Å². The van der Waals surface area contributed by atoms with Gasteiger partial charge in [0, 0.05) is 0 Å². The normalized spacial score (nSPS) is 26.0. The Hall–Kier alpha value is -1.19. The highest BCUT2D eigenvalue weighted by Crippen LogP contribution is 2.28. The molecule has 0 amide bonds. The molecular formula is C12H15NO2. The highest BCUT2D eigenvalue weighted by molar-refractivity contribution is 5.93. The van der Waals surface area contributed by atoms with Crippen LogP contribution in [0.4, 0.5) is 0 Å². The summed E-state index contributed by atoms with van der Waals surface area (Å²) >= 11 is 0. The maximum atomic E-state index is 11.8. The Morgan fingerprint density at radius 1 is 1.53 bits per heavy atom. The maximum absolute atomic E-state index is 11.8. The van der Waals surface area contributed by atoms with Crippen molar-refractivity contribution in [2.24, 2.45) is 5.73 Å². The van der Waals surface area contributed by atoms with Crippen LogP contribution in [-0.2, 0) is 16.0 Å². The van der Waals surface area contributed by atoms with Crippen LogP contribution in [0, 0.1) is 0 Å². The van der Waals surface area contributed by atoms with E-state index in [4.69, 9.17) is 10.5 Å². The summed E-state index contributed by atoms with van der Waals surface area (Å²) < 4.78 is 5.09. The van der Waals surface area contributed by atoms with Crippen molar-refractivity contribution < 1.29 is 9.53 Å². The van der Waals surface area contributed by atoms with Crippen LogP contribution >= 0.6 is 0 Å². The van der Waals surface area contributed by atoms with Gasteiger partial charge < -0.3 is 10.5 Å². The standard InChI is InChI=1S/C12H15NO2/c1-12(8-15-12)11(14)10(13)7-9-5-3-2-4-6-9/h2-6,10H,7-8,13H2,1H3/t10?,12-/m0/s1. The fourth-order valence-electron chi connectivity index (χ4n) is 1.60. The second kappa shape index (κ2) is 3.76. The molecule has 2 atom stereocenters. The lowest BCUT2D eigenvalue weighted by Crippen LogP contribution is -2.40. The third-order valence-electron chi connectivity index (χ3n) is 2.73. The molecule has 2 N–H and O–H groups in total. The summed E-state index contributed by atoms with van der Waals surface area (Å²) in [6.45, 7) is 2.30. The monoisotopic (exact) mass is 205 g/mol. The quantitative estimate of drug-likeness (QED) is 0.743. The van der Waals surface area contributed by atoms with E-state index in [9.17, 15) is 4.79 Å². The molecule has 3 nitrogen and oxygen atoms in total. The SMILES string of the molecule is C[C@@]1(C(=O)C(N)Cc2ccccc2)CO1. The lowest BCUT2D eigenvalue weighted by atomic mass is 9.96. The molecule has 1 aliphatic heterocycles. The maximum Gasteiger partial charge on any atom is 0.183 e. The minimum atomic E-state index is -0.603. The van der Waals surface area contributed by atoms with Crippen molar-refractivity contribution >= 4 is 5.78 Å². The van der Waals surface area contributed by atoms with E-state index in [2.05, 4.69) is 0 Å². The average molecular weight is 205 g/mol. The zero-order valence-electron chi connectivity index (χ0n) is 8.77. The van der Waals surface area contributed by atoms with Crippen molar-refractivity contribution in [3.63, 3.8) is 0 Å². The lowest BCUT2D eigenvalue weighted by Gasteiger charge is -2.12. The fraction of sp³-hybridized carbons (Fsp3) is 0.417. The minimum Gasteiger partial charge on any atom is -0.362 e. The first-order chi connectivity index (χ1) is 7.12. The highest BCUT2D eigenvalue weighted by Gasteiger charge is 2.48. The Bertz CT molecular complexity index is 357. The van der Waals surface area contributed by atoms with E-state index in [1.165, 1.54) is 0 Å². The van der Waals surface area contributed by atoms with Crippen LogP contribution in [0.25, 0.3) is 0 Å². The summed E-state index contributed by atoms with van der Waals surface area (Å²) in [4.78, 5) is 11.8. The van der Waals surface area contributed by atoms with Crippen molar-refractivity contribution in [2.75, 3.05) is 6.61 Å². The first kappa shape index (κ1) is 10.3. The molecule has 15 heavy (non-hydrogen) atoms. The zero-order valence-corrected chi connectivity index (χ0v) is 8.77. The van der Waals surface area contributed by atoms with Gasteiger partial charge >= 0.3 is 0 Å². The molecule has 0 aromatic heterocycles. The number of rotatable bonds is 4. The second-order valence-electron chi connectivity index (χ2n) is 4.18. The van der Waals surface area contributed by atoms with Crippen LogP contribution in [0.5, 0.6) is 0 Å².